The lowest BCUT2D eigenvalue weighted by Gasteiger charge is -2.18. The Morgan fingerprint density at radius 3 is 2.44 bits per heavy atom. The van der Waals surface area contributed by atoms with Crippen LogP contribution >= 0.6 is 0 Å². The molecule has 0 atom stereocenters. The van der Waals surface area contributed by atoms with Gasteiger partial charge in [0, 0.05) is 32.0 Å². The first-order valence-corrected chi connectivity index (χ1v) is 8.19. The summed E-state index contributed by atoms with van der Waals surface area (Å²) in [5, 5.41) is 7.82. The van der Waals surface area contributed by atoms with Crippen LogP contribution in [0.2, 0.25) is 0 Å². The van der Waals surface area contributed by atoms with Crippen LogP contribution in [-0.2, 0) is 9.53 Å². The number of ether oxygens (including phenoxy) is 1. The number of rotatable bonds is 8. The zero-order chi connectivity index (χ0) is 18.8. The Labute approximate surface area is 147 Å². The number of anilines is 2. The van der Waals surface area contributed by atoms with E-state index < -0.39 is 12.0 Å². The molecule has 0 radical (unpaired) electrons. The minimum absolute atomic E-state index is 0.207. The van der Waals surface area contributed by atoms with Gasteiger partial charge in [0.1, 0.15) is 6.54 Å². The Kier molecular flexibility index (Phi) is 8.25. The predicted molar refractivity (Wildman–Crippen MR) is 97.0 cm³/mol. The highest BCUT2D eigenvalue weighted by atomic mass is 16.5. The molecule has 0 aliphatic rings. The number of nitrogens with one attached hydrogen (secondary N) is 3. The molecule has 0 aliphatic heterocycles. The van der Waals surface area contributed by atoms with Gasteiger partial charge in [-0.25, -0.2) is 4.79 Å². The molecule has 0 aliphatic carbocycles. The maximum atomic E-state index is 12.3. The predicted octanol–water partition coefficient (Wildman–Crippen LogP) is 1.58. The van der Waals surface area contributed by atoms with Crippen molar-refractivity contribution in [3.05, 3.63) is 23.8 Å². The first-order valence-electron chi connectivity index (χ1n) is 8.19. The van der Waals surface area contributed by atoms with Gasteiger partial charge in [-0.3, -0.25) is 9.59 Å². The molecule has 138 valence electrons. The smallest absolute Gasteiger partial charge is 0.325 e. The lowest BCUT2D eigenvalue weighted by molar-refractivity contribution is -0.141. The van der Waals surface area contributed by atoms with Crippen molar-refractivity contribution in [1.82, 2.24) is 10.6 Å². The van der Waals surface area contributed by atoms with Gasteiger partial charge in [-0.1, -0.05) is 6.92 Å². The normalized spacial score (nSPS) is 9.92. The summed E-state index contributed by atoms with van der Waals surface area (Å²) < 4.78 is 4.73. The van der Waals surface area contributed by atoms with Gasteiger partial charge >= 0.3 is 12.0 Å². The van der Waals surface area contributed by atoms with Crippen molar-refractivity contribution in [2.45, 2.75) is 20.3 Å². The molecular formula is C17H26N4O4. The molecule has 3 amide bonds. The highest BCUT2D eigenvalue weighted by molar-refractivity contribution is 6.02. The standard InChI is InChI=1S/C17H26N4O4/c1-5-9-18-16(23)13-10-12(7-8-14(13)21(3)4)20-17(24)19-11-15(22)25-6-2/h7-8,10H,5-6,9,11H2,1-4H3,(H,18,23)(H2,19,20,24). The second-order valence-corrected chi connectivity index (χ2v) is 5.49. The van der Waals surface area contributed by atoms with E-state index in [0.717, 1.165) is 12.1 Å². The molecule has 0 heterocycles. The Morgan fingerprint density at radius 1 is 1.12 bits per heavy atom. The Bertz CT molecular complexity index is 617. The molecule has 0 aromatic heterocycles. The minimum atomic E-state index is -0.550. The number of nitrogens with zero attached hydrogens (tertiary/aromatic N) is 1. The Balaban J connectivity index is 2.82. The fraction of sp³-hybridized carbons (Fsp3) is 0.471. The van der Waals surface area contributed by atoms with Gasteiger partial charge in [-0.05, 0) is 31.5 Å². The number of hydrogen-bond acceptors (Lipinski definition) is 5. The van der Waals surface area contributed by atoms with Crippen LogP contribution in [0.5, 0.6) is 0 Å². The van der Waals surface area contributed by atoms with E-state index in [2.05, 4.69) is 16.0 Å². The molecule has 1 aromatic carbocycles. The molecule has 1 rings (SSSR count). The SMILES string of the molecule is CCCNC(=O)c1cc(NC(=O)NCC(=O)OCC)ccc1N(C)C. The van der Waals surface area contributed by atoms with E-state index in [1.807, 2.05) is 25.9 Å². The molecule has 0 saturated heterocycles. The van der Waals surface area contributed by atoms with Crippen LogP contribution in [0, 0.1) is 0 Å². The summed E-state index contributed by atoms with van der Waals surface area (Å²) in [6.45, 7) is 4.27. The summed E-state index contributed by atoms with van der Waals surface area (Å²) in [5.74, 6) is -0.721. The van der Waals surface area contributed by atoms with Crippen molar-refractivity contribution in [3.63, 3.8) is 0 Å². The molecule has 1 aromatic rings. The third-order valence-corrected chi connectivity index (χ3v) is 3.22. The van der Waals surface area contributed by atoms with E-state index in [9.17, 15) is 14.4 Å². The maximum Gasteiger partial charge on any atom is 0.325 e. The van der Waals surface area contributed by atoms with Gasteiger partial charge < -0.3 is 25.6 Å². The average Bonchev–Trinajstić information content (AvgIpc) is 2.57. The summed E-state index contributed by atoms with van der Waals surface area (Å²) in [4.78, 5) is 37.2. The third-order valence-electron chi connectivity index (χ3n) is 3.22. The summed E-state index contributed by atoms with van der Waals surface area (Å²) >= 11 is 0. The summed E-state index contributed by atoms with van der Waals surface area (Å²) in [6.07, 6.45) is 0.831. The van der Waals surface area contributed by atoms with Gasteiger partial charge in [0.05, 0.1) is 12.2 Å². The molecule has 0 unspecified atom stereocenters. The number of amides is 3. The van der Waals surface area contributed by atoms with Crippen molar-refractivity contribution >= 4 is 29.3 Å². The molecule has 8 nitrogen and oxygen atoms in total. The zero-order valence-electron chi connectivity index (χ0n) is 15.1. The van der Waals surface area contributed by atoms with Gasteiger partial charge in [-0.2, -0.15) is 0 Å². The summed E-state index contributed by atoms with van der Waals surface area (Å²) in [6, 6.07) is 4.49. The minimum Gasteiger partial charge on any atom is -0.465 e. The number of carbonyl (C=O) groups excluding carboxylic acids is 3. The molecular weight excluding hydrogens is 324 g/mol. The number of urea groups is 1. The molecule has 25 heavy (non-hydrogen) atoms. The van der Waals surface area contributed by atoms with E-state index >= 15 is 0 Å². The lowest BCUT2D eigenvalue weighted by atomic mass is 10.1. The van der Waals surface area contributed by atoms with Crippen molar-refractivity contribution < 1.29 is 19.1 Å². The largest absolute Gasteiger partial charge is 0.465 e. The van der Waals surface area contributed by atoms with Crippen LogP contribution in [-0.4, -0.2) is 51.7 Å². The topological polar surface area (TPSA) is 99.8 Å². The first-order chi connectivity index (χ1) is 11.9. The van der Waals surface area contributed by atoms with Crippen LogP contribution in [0.4, 0.5) is 16.2 Å². The van der Waals surface area contributed by atoms with Crippen molar-refractivity contribution in [1.29, 1.82) is 0 Å². The van der Waals surface area contributed by atoms with Gasteiger partial charge in [0.2, 0.25) is 0 Å². The molecule has 0 spiro atoms. The lowest BCUT2D eigenvalue weighted by Crippen LogP contribution is -2.34. The molecule has 3 N–H and O–H groups in total. The summed E-state index contributed by atoms with van der Waals surface area (Å²) in [5.41, 5.74) is 1.65. The highest BCUT2D eigenvalue weighted by Crippen LogP contribution is 2.23. The van der Waals surface area contributed by atoms with Crippen LogP contribution < -0.4 is 20.9 Å². The van der Waals surface area contributed by atoms with Crippen molar-refractivity contribution in [2.75, 3.05) is 44.0 Å². The monoisotopic (exact) mass is 350 g/mol. The zero-order valence-corrected chi connectivity index (χ0v) is 15.1. The van der Waals surface area contributed by atoms with E-state index in [4.69, 9.17) is 4.74 Å². The number of benzene rings is 1. The van der Waals surface area contributed by atoms with Crippen LogP contribution in [0.1, 0.15) is 30.6 Å². The quantitative estimate of drug-likeness (QED) is 0.618. The fourth-order valence-electron chi connectivity index (χ4n) is 2.06. The number of esters is 1. The van der Waals surface area contributed by atoms with Gasteiger partial charge in [0.15, 0.2) is 0 Å². The second kappa shape index (κ2) is 10.2. The number of hydrogen-bond donors (Lipinski definition) is 3. The average molecular weight is 350 g/mol. The summed E-state index contributed by atoms with van der Waals surface area (Å²) in [7, 11) is 3.68. The van der Waals surface area contributed by atoms with Gasteiger partial charge in [-0.15, -0.1) is 0 Å². The van der Waals surface area contributed by atoms with E-state index in [-0.39, 0.29) is 19.1 Å². The molecule has 8 heteroatoms. The Morgan fingerprint density at radius 2 is 1.84 bits per heavy atom. The van der Waals surface area contributed by atoms with Gasteiger partial charge in [0.25, 0.3) is 5.91 Å². The van der Waals surface area contributed by atoms with Crippen molar-refractivity contribution in [2.24, 2.45) is 0 Å². The van der Waals surface area contributed by atoms with E-state index in [1.165, 1.54) is 0 Å². The third kappa shape index (κ3) is 6.70. The van der Waals surface area contributed by atoms with E-state index in [0.29, 0.717) is 17.8 Å². The molecule has 0 fully saturated rings. The molecule has 0 saturated carbocycles. The van der Waals surface area contributed by atoms with Crippen molar-refractivity contribution in [3.8, 4) is 0 Å². The second-order valence-electron chi connectivity index (χ2n) is 5.49. The van der Waals surface area contributed by atoms with E-state index in [1.54, 1.807) is 25.1 Å². The fourth-order valence-corrected chi connectivity index (χ4v) is 2.06. The Hall–Kier alpha value is -2.77. The van der Waals surface area contributed by atoms with Crippen LogP contribution in [0.3, 0.4) is 0 Å². The highest BCUT2D eigenvalue weighted by Gasteiger charge is 2.14. The maximum absolute atomic E-state index is 12.3. The van der Waals surface area contributed by atoms with Crippen LogP contribution in [0.15, 0.2) is 18.2 Å². The number of carbonyl (C=O) groups is 3. The molecule has 0 bridgehead atoms. The first kappa shape index (κ1) is 20.3. The van der Waals surface area contributed by atoms with Crippen LogP contribution in [0.25, 0.3) is 0 Å².